The molecule has 5 atom stereocenters. The molecule has 0 aliphatic carbocycles. The van der Waals surface area contributed by atoms with Crippen molar-refractivity contribution in [3.8, 4) is 0 Å². The number of likely N-dealkylation sites (tertiary alicyclic amines) is 2. The minimum atomic E-state index is -0.951. The van der Waals surface area contributed by atoms with Crippen molar-refractivity contribution in [2.24, 2.45) is 5.41 Å². The molecule has 2 heterocycles. The Morgan fingerprint density at radius 1 is 0.938 bits per heavy atom. The van der Waals surface area contributed by atoms with Gasteiger partial charge in [-0.1, -0.05) is 63.2 Å². The highest BCUT2D eigenvalue weighted by molar-refractivity contribution is 5.92. The molecule has 2 saturated heterocycles. The van der Waals surface area contributed by atoms with Crippen molar-refractivity contribution in [1.82, 2.24) is 20.0 Å². The maximum Gasteiger partial charge on any atom is 0.410 e. The molecule has 4 amide bonds. The van der Waals surface area contributed by atoms with Gasteiger partial charge in [-0.05, 0) is 62.8 Å². The fourth-order valence-corrected chi connectivity index (χ4v) is 5.98. The van der Waals surface area contributed by atoms with Gasteiger partial charge in [0, 0.05) is 13.6 Å². The summed E-state index contributed by atoms with van der Waals surface area (Å²) in [6.07, 6.45) is -1.21. The first-order valence-corrected chi connectivity index (χ1v) is 16.4. The molecule has 48 heavy (non-hydrogen) atoms. The van der Waals surface area contributed by atoms with Gasteiger partial charge in [-0.3, -0.25) is 14.5 Å². The first-order chi connectivity index (χ1) is 22.5. The van der Waals surface area contributed by atoms with E-state index in [9.17, 15) is 23.6 Å². The molecule has 0 aromatic heterocycles. The summed E-state index contributed by atoms with van der Waals surface area (Å²) in [6, 6.07) is 12.4. The van der Waals surface area contributed by atoms with E-state index in [0.29, 0.717) is 13.0 Å². The average molecular weight is 669 g/mol. The number of nitrogens with one attached hydrogen (secondary N) is 1. The Hall–Kier alpha value is -4.19. The summed E-state index contributed by atoms with van der Waals surface area (Å²) in [5.74, 6) is -1.18. The van der Waals surface area contributed by atoms with E-state index < -0.39 is 53.3 Å². The summed E-state index contributed by atoms with van der Waals surface area (Å²) in [5, 5.41) is 2.90. The molecule has 0 bridgehead atoms. The Kier molecular flexibility index (Phi) is 11.4. The molecular weight excluding hydrogens is 619 g/mol. The summed E-state index contributed by atoms with van der Waals surface area (Å²) < 4.78 is 30.9. The molecule has 0 unspecified atom stereocenters. The Morgan fingerprint density at radius 2 is 1.56 bits per heavy atom. The van der Waals surface area contributed by atoms with E-state index in [2.05, 4.69) is 5.32 Å². The van der Waals surface area contributed by atoms with E-state index in [1.54, 1.807) is 49.6 Å². The quantitative estimate of drug-likeness (QED) is 0.394. The van der Waals surface area contributed by atoms with Gasteiger partial charge in [-0.25, -0.2) is 14.0 Å². The van der Waals surface area contributed by atoms with Crippen LogP contribution in [0, 0.1) is 11.2 Å². The Morgan fingerprint density at radius 3 is 2.17 bits per heavy atom. The molecule has 12 heteroatoms. The van der Waals surface area contributed by atoms with Crippen molar-refractivity contribution in [3.63, 3.8) is 0 Å². The average Bonchev–Trinajstić information content (AvgIpc) is 3.61. The predicted molar refractivity (Wildman–Crippen MR) is 177 cm³/mol. The number of hydrogen-bond donors (Lipinski definition) is 1. The number of benzene rings is 2. The molecule has 2 fully saturated rings. The molecule has 2 aromatic carbocycles. The zero-order valence-corrected chi connectivity index (χ0v) is 29.2. The number of ether oxygens (including phenoxy) is 3. The van der Waals surface area contributed by atoms with Crippen LogP contribution < -0.4 is 5.32 Å². The molecule has 4 rings (SSSR count). The molecule has 11 nitrogen and oxygen atoms in total. The zero-order chi connectivity index (χ0) is 35.4. The van der Waals surface area contributed by atoms with Crippen LogP contribution >= 0.6 is 0 Å². The SMILES string of the molecule is C[C@@H](C(=O)N[C@H](C(=O)N1CC[C@@H]2[C@H]1[C@@H](OCc1ccc(F)cc1)CN2C(=O)OC(C)(C)C)C(C)(C)C)N(C)C(=O)OCc1ccccc1. The standard InChI is InChI=1S/C36H49FN4O7/c1-23(39(8)33(44)47-22-24-12-10-9-11-13-24)31(42)38-30(35(2,3)4)32(43)40-19-18-27-29(40)28(20-41(27)34(45)48-36(5,6)7)46-21-25-14-16-26(37)17-15-25/h9-17,23,27-30H,18-22H2,1-8H3,(H,38,42)/t23-,27+,28-,29-,30+/m0/s1. The number of carbonyl (C=O) groups excluding carboxylic acids is 4. The second kappa shape index (κ2) is 14.9. The predicted octanol–water partition coefficient (Wildman–Crippen LogP) is 5.12. The van der Waals surface area contributed by atoms with Gasteiger partial charge in [0.1, 0.15) is 30.1 Å². The highest BCUT2D eigenvalue weighted by Crippen LogP contribution is 2.37. The van der Waals surface area contributed by atoms with Crippen LogP contribution in [0.15, 0.2) is 54.6 Å². The monoisotopic (exact) mass is 668 g/mol. The van der Waals surface area contributed by atoms with Crippen molar-refractivity contribution in [3.05, 3.63) is 71.5 Å². The van der Waals surface area contributed by atoms with Crippen LogP contribution in [-0.2, 0) is 37.0 Å². The fourth-order valence-electron chi connectivity index (χ4n) is 5.98. The number of halogens is 1. The molecule has 262 valence electrons. The first-order valence-electron chi connectivity index (χ1n) is 16.4. The minimum absolute atomic E-state index is 0.0592. The van der Waals surface area contributed by atoms with Crippen LogP contribution in [0.2, 0.25) is 0 Å². The summed E-state index contributed by atoms with van der Waals surface area (Å²) in [4.78, 5) is 58.5. The van der Waals surface area contributed by atoms with Gasteiger partial charge in [0.15, 0.2) is 0 Å². The third-order valence-corrected chi connectivity index (χ3v) is 8.72. The largest absolute Gasteiger partial charge is 0.445 e. The first kappa shape index (κ1) is 36.6. The summed E-state index contributed by atoms with van der Waals surface area (Å²) in [6.45, 7) is 13.3. The van der Waals surface area contributed by atoms with E-state index in [1.165, 1.54) is 24.1 Å². The van der Waals surface area contributed by atoms with Crippen LogP contribution in [0.1, 0.15) is 66.0 Å². The number of likely N-dealkylation sites (N-methyl/N-ethyl adjacent to an activating group) is 1. The number of rotatable bonds is 9. The Labute approximate surface area is 282 Å². The molecule has 1 N–H and O–H groups in total. The van der Waals surface area contributed by atoms with Crippen molar-refractivity contribution >= 4 is 24.0 Å². The van der Waals surface area contributed by atoms with Crippen molar-refractivity contribution in [2.45, 2.75) is 104 Å². The lowest BCUT2D eigenvalue weighted by atomic mass is 9.85. The summed E-state index contributed by atoms with van der Waals surface area (Å²) in [5.41, 5.74) is 0.147. The molecule has 2 aliphatic rings. The molecule has 2 aliphatic heterocycles. The van der Waals surface area contributed by atoms with Gasteiger partial charge in [-0.2, -0.15) is 0 Å². The number of carbonyl (C=O) groups is 4. The Balaban J connectivity index is 1.50. The lowest BCUT2D eigenvalue weighted by molar-refractivity contribution is -0.143. The highest BCUT2D eigenvalue weighted by Gasteiger charge is 2.55. The van der Waals surface area contributed by atoms with Gasteiger partial charge in [0.25, 0.3) is 0 Å². The number of fused-ring (bicyclic) bond motifs is 1. The Bertz CT molecular complexity index is 1440. The van der Waals surface area contributed by atoms with E-state index in [-0.39, 0.29) is 37.5 Å². The van der Waals surface area contributed by atoms with Crippen LogP contribution in [0.25, 0.3) is 0 Å². The highest BCUT2D eigenvalue weighted by atomic mass is 19.1. The van der Waals surface area contributed by atoms with Crippen LogP contribution in [0.4, 0.5) is 14.0 Å². The van der Waals surface area contributed by atoms with Gasteiger partial charge in [0.2, 0.25) is 11.8 Å². The van der Waals surface area contributed by atoms with Gasteiger partial charge < -0.3 is 29.3 Å². The molecule has 0 saturated carbocycles. The van der Waals surface area contributed by atoms with Gasteiger partial charge in [-0.15, -0.1) is 0 Å². The number of nitrogens with zero attached hydrogens (tertiary/aromatic N) is 3. The van der Waals surface area contributed by atoms with E-state index in [0.717, 1.165) is 11.1 Å². The van der Waals surface area contributed by atoms with Gasteiger partial charge in [0.05, 0.1) is 31.3 Å². The van der Waals surface area contributed by atoms with Gasteiger partial charge >= 0.3 is 12.2 Å². The second-order valence-electron chi connectivity index (χ2n) is 14.6. The number of amides is 4. The fraction of sp³-hybridized carbons (Fsp3) is 0.556. The minimum Gasteiger partial charge on any atom is -0.445 e. The molecular formula is C36H49FN4O7. The normalized spacial score (nSPS) is 20.5. The van der Waals surface area contributed by atoms with Crippen LogP contribution in [0.3, 0.4) is 0 Å². The van der Waals surface area contributed by atoms with Crippen molar-refractivity contribution in [1.29, 1.82) is 0 Å². The lowest BCUT2D eigenvalue weighted by Gasteiger charge is -2.37. The smallest absolute Gasteiger partial charge is 0.410 e. The van der Waals surface area contributed by atoms with E-state index in [4.69, 9.17) is 14.2 Å². The van der Waals surface area contributed by atoms with Crippen molar-refractivity contribution in [2.75, 3.05) is 20.1 Å². The topological polar surface area (TPSA) is 118 Å². The maximum atomic E-state index is 14.4. The maximum absolute atomic E-state index is 14.4. The second-order valence-corrected chi connectivity index (χ2v) is 14.6. The molecule has 0 spiro atoms. The van der Waals surface area contributed by atoms with E-state index in [1.807, 2.05) is 51.1 Å². The third kappa shape index (κ3) is 9.03. The van der Waals surface area contributed by atoms with E-state index >= 15 is 0 Å². The number of hydrogen-bond acceptors (Lipinski definition) is 7. The summed E-state index contributed by atoms with van der Waals surface area (Å²) in [7, 11) is 1.48. The lowest BCUT2D eigenvalue weighted by Crippen LogP contribution is -2.60. The summed E-state index contributed by atoms with van der Waals surface area (Å²) >= 11 is 0. The third-order valence-electron chi connectivity index (χ3n) is 8.72. The van der Waals surface area contributed by atoms with Crippen LogP contribution in [-0.4, -0.2) is 94.7 Å². The molecule has 2 aromatic rings. The molecule has 0 radical (unpaired) electrons. The van der Waals surface area contributed by atoms with Crippen LogP contribution in [0.5, 0.6) is 0 Å². The van der Waals surface area contributed by atoms with Crippen molar-refractivity contribution < 1.29 is 37.8 Å². The zero-order valence-electron chi connectivity index (χ0n) is 29.2.